The van der Waals surface area contributed by atoms with Crippen molar-refractivity contribution in [2.24, 2.45) is 0 Å². The van der Waals surface area contributed by atoms with Gasteiger partial charge in [-0.25, -0.2) is 0 Å². The summed E-state index contributed by atoms with van der Waals surface area (Å²) in [7, 11) is 1.23. The van der Waals surface area contributed by atoms with Crippen LogP contribution in [0, 0.1) is 0 Å². The lowest BCUT2D eigenvalue weighted by Gasteiger charge is -2.29. The molecule has 282 valence electrons. The number of carbonyl (C=O) groups is 1. The Morgan fingerprint density at radius 1 is 0.708 bits per heavy atom. The van der Waals surface area contributed by atoms with Gasteiger partial charge >= 0.3 is 0 Å². The summed E-state index contributed by atoms with van der Waals surface area (Å²) in [5.41, 5.74) is 0. The predicted molar refractivity (Wildman–Crippen MR) is 201 cm³/mol. The first-order valence-electron chi connectivity index (χ1n) is 19.4. The largest absolute Gasteiger partial charge is 0.756 e. The summed E-state index contributed by atoms with van der Waals surface area (Å²) in [6.07, 6.45) is 36.1. The number of quaternary nitrogens is 1. The van der Waals surface area contributed by atoms with Crippen LogP contribution in [-0.4, -0.2) is 68.5 Å². The Hall–Kier alpha value is -1.28. The number of unbranched alkanes of at least 4 members (excludes halogenated alkanes) is 17. The van der Waals surface area contributed by atoms with Crippen LogP contribution in [0.1, 0.15) is 155 Å². The molecule has 9 heteroatoms. The lowest BCUT2D eigenvalue weighted by Crippen LogP contribution is -2.45. The van der Waals surface area contributed by atoms with Crippen molar-refractivity contribution < 1.29 is 32.9 Å². The van der Waals surface area contributed by atoms with E-state index in [4.69, 9.17) is 9.05 Å². The Morgan fingerprint density at radius 3 is 1.71 bits per heavy atom. The van der Waals surface area contributed by atoms with Gasteiger partial charge in [0, 0.05) is 6.42 Å². The van der Waals surface area contributed by atoms with Gasteiger partial charge in [0.25, 0.3) is 7.82 Å². The fraction of sp³-hybridized carbons (Fsp3) is 0.821. The van der Waals surface area contributed by atoms with Crippen molar-refractivity contribution >= 4 is 13.7 Å². The monoisotopic (exact) mass is 699 g/mol. The van der Waals surface area contributed by atoms with E-state index in [1.54, 1.807) is 6.08 Å². The standard InChI is InChI=1S/C39H75N2O6P/c1-6-8-10-12-14-16-18-20-22-24-26-28-30-32-38(42)37(36-47-48(44,45)46-35-34-41(3,4)5)40-39(43)33-31-29-27-25-23-21-19-17-15-13-11-9-7-2/h17,19,22,24,30,32,37-38,42H,6-16,18,20-21,23,25-29,31,33-36H2,1-5H3,(H-,40,43,44,45)/b19-17+,24-22+,32-30+/t37-,38+/m0/s1. The molecule has 0 saturated heterocycles. The van der Waals surface area contributed by atoms with Crippen LogP contribution in [0.15, 0.2) is 36.5 Å². The van der Waals surface area contributed by atoms with Gasteiger partial charge in [-0.15, -0.1) is 0 Å². The zero-order chi connectivity index (χ0) is 35.8. The number of carbonyl (C=O) groups excluding carboxylic acids is 1. The molecule has 0 aliphatic carbocycles. The first-order chi connectivity index (χ1) is 23.0. The van der Waals surface area contributed by atoms with E-state index < -0.39 is 26.6 Å². The summed E-state index contributed by atoms with van der Waals surface area (Å²) >= 11 is 0. The number of amides is 1. The number of aliphatic hydroxyl groups excluding tert-OH is 1. The van der Waals surface area contributed by atoms with Gasteiger partial charge in [-0.2, -0.15) is 0 Å². The van der Waals surface area contributed by atoms with Crippen LogP contribution in [-0.2, 0) is 18.4 Å². The van der Waals surface area contributed by atoms with Crippen LogP contribution >= 0.6 is 7.82 Å². The molecule has 0 spiro atoms. The first kappa shape index (κ1) is 46.7. The maximum Gasteiger partial charge on any atom is 0.268 e. The van der Waals surface area contributed by atoms with Gasteiger partial charge in [-0.3, -0.25) is 9.36 Å². The normalized spacial score (nSPS) is 15.1. The Kier molecular flexibility index (Phi) is 30.8. The SMILES string of the molecule is CCCCCC/C=C/CCCCCCCC(=O)N[C@@H](COP(=O)([O-])OCC[N+](C)(C)C)[C@H](O)/C=C/CC/C=C/CCCCCCCCC. The number of nitrogens with zero attached hydrogens (tertiary/aromatic N) is 1. The van der Waals surface area contributed by atoms with Crippen LogP contribution in [0.3, 0.4) is 0 Å². The summed E-state index contributed by atoms with van der Waals surface area (Å²) < 4.78 is 23.1. The van der Waals surface area contributed by atoms with Crippen LogP contribution in [0.5, 0.6) is 0 Å². The third-order valence-corrected chi connectivity index (χ3v) is 9.29. The maximum atomic E-state index is 12.8. The smallest absolute Gasteiger partial charge is 0.268 e. The molecule has 0 bridgehead atoms. The predicted octanol–water partition coefficient (Wildman–Crippen LogP) is 9.33. The lowest BCUT2D eigenvalue weighted by atomic mass is 10.1. The molecule has 0 saturated carbocycles. The Bertz CT molecular complexity index is 886. The van der Waals surface area contributed by atoms with Crippen LogP contribution in [0.25, 0.3) is 0 Å². The molecule has 8 nitrogen and oxygen atoms in total. The van der Waals surface area contributed by atoms with E-state index >= 15 is 0 Å². The molecule has 0 aliphatic heterocycles. The van der Waals surface area contributed by atoms with Crippen LogP contribution < -0.4 is 10.2 Å². The highest BCUT2D eigenvalue weighted by Gasteiger charge is 2.23. The third-order valence-electron chi connectivity index (χ3n) is 8.32. The fourth-order valence-corrected chi connectivity index (χ4v) is 5.88. The topological polar surface area (TPSA) is 108 Å². The number of phosphoric ester groups is 1. The van der Waals surface area contributed by atoms with Gasteiger partial charge in [0.05, 0.1) is 39.9 Å². The molecular formula is C39H75N2O6P. The number of likely N-dealkylation sites (N-methyl/N-ethyl adjacent to an activating group) is 1. The zero-order valence-electron chi connectivity index (χ0n) is 31.7. The highest BCUT2D eigenvalue weighted by atomic mass is 31.2. The molecule has 0 heterocycles. The summed E-state index contributed by atoms with van der Waals surface area (Å²) in [6.45, 7) is 4.56. The number of hydrogen-bond acceptors (Lipinski definition) is 6. The van der Waals surface area contributed by atoms with Gasteiger partial charge in [0.1, 0.15) is 13.2 Å². The Morgan fingerprint density at radius 2 is 1.17 bits per heavy atom. The van der Waals surface area contributed by atoms with Gasteiger partial charge in [-0.05, 0) is 57.8 Å². The van der Waals surface area contributed by atoms with E-state index in [2.05, 4.69) is 43.5 Å². The van der Waals surface area contributed by atoms with Crippen molar-refractivity contribution in [3.8, 4) is 0 Å². The van der Waals surface area contributed by atoms with E-state index in [-0.39, 0.29) is 12.5 Å². The average Bonchev–Trinajstić information content (AvgIpc) is 3.02. The number of rotatable bonds is 34. The lowest BCUT2D eigenvalue weighted by molar-refractivity contribution is -0.870. The summed E-state index contributed by atoms with van der Waals surface area (Å²) in [5.74, 6) is -0.220. The third kappa shape index (κ3) is 33.2. The van der Waals surface area contributed by atoms with Gasteiger partial charge in [0.15, 0.2) is 0 Å². The minimum absolute atomic E-state index is 0.00836. The molecule has 0 aromatic heterocycles. The highest BCUT2D eigenvalue weighted by Crippen LogP contribution is 2.38. The fourth-order valence-electron chi connectivity index (χ4n) is 5.16. The second kappa shape index (κ2) is 31.7. The molecule has 1 amide bonds. The molecule has 0 aromatic rings. The average molecular weight is 699 g/mol. The molecule has 0 radical (unpaired) electrons. The van der Waals surface area contributed by atoms with Crippen molar-refractivity contribution in [1.29, 1.82) is 0 Å². The summed E-state index contributed by atoms with van der Waals surface area (Å²) in [5, 5.41) is 13.7. The molecule has 1 unspecified atom stereocenters. The first-order valence-corrected chi connectivity index (χ1v) is 20.8. The molecule has 0 aliphatic rings. The number of allylic oxidation sites excluding steroid dienone is 5. The van der Waals surface area contributed by atoms with E-state index in [1.165, 1.54) is 77.0 Å². The number of nitrogens with one attached hydrogen (secondary N) is 1. The van der Waals surface area contributed by atoms with Crippen molar-refractivity contribution in [2.75, 3.05) is 40.9 Å². The van der Waals surface area contributed by atoms with E-state index in [0.717, 1.165) is 57.8 Å². The zero-order valence-corrected chi connectivity index (χ0v) is 32.6. The van der Waals surface area contributed by atoms with Crippen molar-refractivity contribution in [3.05, 3.63) is 36.5 Å². The number of hydrogen-bond donors (Lipinski definition) is 2. The Labute approximate surface area is 296 Å². The minimum atomic E-state index is -4.59. The van der Waals surface area contributed by atoms with Crippen molar-refractivity contribution in [1.82, 2.24) is 5.32 Å². The quantitative estimate of drug-likeness (QED) is 0.0300. The second-order valence-electron chi connectivity index (χ2n) is 14.3. The van der Waals surface area contributed by atoms with Crippen molar-refractivity contribution in [3.63, 3.8) is 0 Å². The summed E-state index contributed by atoms with van der Waals surface area (Å²) in [4.78, 5) is 25.1. The Balaban J connectivity index is 4.61. The van der Waals surface area contributed by atoms with Crippen molar-refractivity contribution in [2.45, 2.75) is 167 Å². The molecule has 0 rings (SSSR count). The molecule has 48 heavy (non-hydrogen) atoms. The molecular weight excluding hydrogens is 623 g/mol. The maximum absolute atomic E-state index is 12.8. The number of aliphatic hydroxyl groups is 1. The van der Waals surface area contributed by atoms with Gasteiger partial charge < -0.3 is 28.8 Å². The van der Waals surface area contributed by atoms with Gasteiger partial charge in [-0.1, -0.05) is 127 Å². The molecule has 2 N–H and O–H groups in total. The highest BCUT2D eigenvalue weighted by molar-refractivity contribution is 7.45. The van der Waals surface area contributed by atoms with Gasteiger partial charge in [0.2, 0.25) is 5.91 Å². The molecule has 3 atom stereocenters. The number of phosphoric acid groups is 1. The minimum Gasteiger partial charge on any atom is -0.756 e. The van der Waals surface area contributed by atoms with E-state index in [9.17, 15) is 19.4 Å². The molecule has 0 aromatic carbocycles. The molecule has 0 fully saturated rings. The summed E-state index contributed by atoms with van der Waals surface area (Å²) in [6, 6.07) is -0.903. The van der Waals surface area contributed by atoms with E-state index in [0.29, 0.717) is 17.4 Å². The van der Waals surface area contributed by atoms with Crippen LogP contribution in [0.4, 0.5) is 0 Å². The van der Waals surface area contributed by atoms with Crippen LogP contribution in [0.2, 0.25) is 0 Å². The second-order valence-corrected chi connectivity index (χ2v) is 15.7. The van der Waals surface area contributed by atoms with E-state index in [1.807, 2.05) is 27.2 Å².